The molecule has 6 nitrogen and oxygen atoms in total. The second kappa shape index (κ2) is 25.5. The fourth-order valence-corrected chi connectivity index (χ4v) is 18.1. The first kappa shape index (κ1) is 55.8. The van der Waals surface area contributed by atoms with Crippen LogP contribution in [0, 0.1) is 92.7 Å². The van der Waals surface area contributed by atoms with Gasteiger partial charge in [0.15, 0.2) is 0 Å². The Balaban J connectivity index is 0.000000237. The van der Waals surface area contributed by atoms with E-state index in [4.69, 9.17) is 22.0 Å². The predicted octanol–water partition coefficient (Wildman–Crippen LogP) is 17.4. The fraction of sp³-hybridized carbons (Fsp3) is 0.932. The molecule has 6 fully saturated rings. The van der Waals surface area contributed by atoms with E-state index in [0.29, 0.717) is 53.6 Å². The summed E-state index contributed by atoms with van der Waals surface area (Å²) in [6.45, 7) is 27.7. The molecule has 0 aromatic heterocycles. The Morgan fingerprint density at radius 2 is 1.10 bits per heavy atom. The van der Waals surface area contributed by atoms with Gasteiger partial charge in [-0.05, 0) is 201 Å². The summed E-state index contributed by atoms with van der Waals surface area (Å²) in [7, 11) is 2.52. The van der Waals surface area contributed by atoms with Crippen molar-refractivity contribution in [2.75, 3.05) is 26.3 Å². The highest BCUT2D eigenvalue weighted by atomic mass is 32.0. The largest absolute Gasteiger partial charge is 0.378 e. The average molecular weight is 969 g/mol. The Morgan fingerprint density at radius 3 is 1.51 bits per heavy atom. The smallest absolute Gasteiger partial charge is 0.0613 e. The molecule has 2 N–H and O–H groups in total. The van der Waals surface area contributed by atoms with Crippen LogP contribution in [-0.2, 0) is 9.47 Å². The van der Waals surface area contributed by atoms with Crippen LogP contribution < -0.4 is 5.73 Å². The maximum Gasteiger partial charge on any atom is 0.0613 e. The minimum absolute atomic E-state index is 0. The van der Waals surface area contributed by atoms with Crippen LogP contribution in [0.4, 0.5) is 0 Å². The molecule has 8 heteroatoms. The van der Waals surface area contributed by atoms with Gasteiger partial charge in [0.05, 0.1) is 26.7 Å². The van der Waals surface area contributed by atoms with E-state index in [1.54, 1.807) is 11.1 Å². The van der Waals surface area contributed by atoms with Gasteiger partial charge in [-0.15, -0.1) is 17.8 Å². The van der Waals surface area contributed by atoms with Gasteiger partial charge in [-0.2, -0.15) is 0 Å². The van der Waals surface area contributed by atoms with Crippen LogP contribution in [0.5, 0.6) is 0 Å². The Hall–Kier alpha value is -0.470. The number of ether oxygens (including phenoxy) is 2. The molecule has 0 spiro atoms. The number of hydrogen-bond donors (Lipinski definition) is 1. The summed E-state index contributed by atoms with van der Waals surface area (Å²) in [5, 5.41) is 3.63. The zero-order valence-corrected chi connectivity index (χ0v) is 46.6. The van der Waals surface area contributed by atoms with Gasteiger partial charge in [-0.25, -0.2) is 0 Å². The van der Waals surface area contributed by atoms with Gasteiger partial charge in [-0.3, -0.25) is 0 Å². The summed E-state index contributed by atoms with van der Waals surface area (Å²) < 4.78 is 18.4. The molecule has 0 aliphatic heterocycles. The molecule has 0 amide bonds. The highest BCUT2D eigenvalue weighted by Crippen LogP contribution is 2.69. The van der Waals surface area contributed by atoms with E-state index in [-0.39, 0.29) is 16.3 Å². The summed E-state index contributed by atoms with van der Waals surface area (Å²) in [5.74, 6) is 10.9. The lowest BCUT2D eigenvalue weighted by molar-refractivity contribution is -0.0634. The predicted molar refractivity (Wildman–Crippen MR) is 295 cm³/mol. The molecule has 67 heavy (non-hydrogen) atoms. The highest BCUT2D eigenvalue weighted by molar-refractivity contribution is 7.92. The number of rotatable bonds is 17. The van der Waals surface area contributed by atoms with Crippen molar-refractivity contribution in [2.24, 2.45) is 104 Å². The van der Waals surface area contributed by atoms with Crippen LogP contribution in [0.15, 0.2) is 28.4 Å². The molecule has 8 rings (SSSR count). The fourth-order valence-electron chi connectivity index (χ4n) is 18.1. The van der Waals surface area contributed by atoms with E-state index in [0.717, 1.165) is 96.9 Å². The molecule has 0 saturated heterocycles. The minimum atomic E-state index is 0. The quantitative estimate of drug-likeness (QED) is 0.0393. The van der Waals surface area contributed by atoms with Crippen molar-refractivity contribution >= 4 is 17.8 Å². The summed E-state index contributed by atoms with van der Waals surface area (Å²) in [6, 6.07) is 0. The van der Waals surface area contributed by atoms with E-state index < -0.39 is 0 Å². The third kappa shape index (κ3) is 12.5. The Morgan fingerprint density at radius 1 is 0.672 bits per heavy atom. The van der Waals surface area contributed by atoms with Crippen molar-refractivity contribution in [3.8, 4) is 0 Å². The molecule has 386 valence electrons. The molecule has 8 aliphatic rings. The molecule has 0 bridgehead atoms. The lowest BCUT2D eigenvalue weighted by atomic mass is 9.47. The van der Waals surface area contributed by atoms with Crippen molar-refractivity contribution in [3.05, 3.63) is 33.7 Å². The molecule has 6 saturated carbocycles. The average Bonchev–Trinajstić information content (AvgIpc) is 3.84. The Labute approximate surface area is 420 Å². The van der Waals surface area contributed by atoms with Crippen molar-refractivity contribution in [2.45, 2.75) is 230 Å². The lowest BCUT2D eigenvalue weighted by Crippen LogP contribution is -2.51. The SMILES string of the molecule is C.CC(C)CCC[C@@H](C)[C@H]1CC[C@H]2[C@@H]3CC=C4C[C@@H](OCCN)CC[C@]4(C)[C@H]3CC[C@]12C.CC(C)CCC[C@@H](C)[C@H]1CC[C@H]2[C@@H]3CC=C4C[C@@H](OCCN=[N+]=[N-])CC[C@]4(C)[C@H]3CC[C@]12C.[3H]PP. The van der Waals surface area contributed by atoms with E-state index in [2.05, 4.69) is 100 Å². The number of nitrogens with zero attached hydrogens (tertiary/aromatic N) is 3. The van der Waals surface area contributed by atoms with Crippen LogP contribution in [0.1, 0.15) is 218 Å². The first-order chi connectivity index (χ1) is 32.0. The highest BCUT2D eigenvalue weighted by Gasteiger charge is 2.61. The van der Waals surface area contributed by atoms with E-state index in [1.807, 2.05) is 0 Å². The van der Waals surface area contributed by atoms with Gasteiger partial charge in [0.2, 0.25) is 0 Å². The van der Waals surface area contributed by atoms with Crippen molar-refractivity contribution < 1.29 is 9.47 Å². The molecular weight excluding hydrogens is 859 g/mol. The number of hydrogen-bond acceptors (Lipinski definition) is 4. The maximum atomic E-state index is 8.48. The zero-order chi connectivity index (χ0) is 48.6. The Kier molecular flexibility index (Phi) is 21.2. The lowest BCUT2D eigenvalue weighted by Gasteiger charge is -2.58. The van der Waals surface area contributed by atoms with Gasteiger partial charge >= 0.3 is 0 Å². The summed E-state index contributed by atoms with van der Waals surface area (Å²) in [5.41, 5.74) is 19.6. The second-order valence-electron chi connectivity index (χ2n) is 25.8. The summed E-state index contributed by atoms with van der Waals surface area (Å²) >= 11 is 0. The molecule has 0 aromatic rings. The minimum Gasteiger partial charge on any atom is -0.378 e. The first-order valence-electron chi connectivity index (χ1n) is 28.7. The third-order valence-electron chi connectivity index (χ3n) is 21.6. The summed E-state index contributed by atoms with van der Waals surface area (Å²) in [6.07, 6.45) is 36.2. The molecule has 8 aliphatic carbocycles. The topological polar surface area (TPSA) is 93.2 Å². The van der Waals surface area contributed by atoms with Crippen molar-refractivity contribution in [1.29, 1.82) is 1.28 Å². The van der Waals surface area contributed by atoms with Crippen molar-refractivity contribution in [3.63, 3.8) is 0 Å². The van der Waals surface area contributed by atoms with Gasteiger partial charge < -0.3 is 15.2 Å². The van der Waals surface area contributed by atoms with Crippen molar-refractivity contribution in [1.82, 2.24) is 0 Å². The number of fused-ring (bicyclic) bond motifs is 10. The number of allylic oxidation sites excluding steroid dienone is 2. The molecule has 18 atom stereocenters. The van der Waals surface area contributed by atoms with Gasteiger partial charge in [-0.1, -0.05) is 144 Å². The van der Waals surface area contributed by atoms with Gasteiger partial charge in [0.25, 0.3) is 0 Å². The standard InChI is InChI=1S/C29H49N3O.C29H51NO.CH4.H4P2/c1-20(2)7-6-8-21(3)25-11-12-26-24-10-9-22-19-23(33-18-17-31-32-30)13-15-28(22,4)27(24)14-16-29(25,26)5;1-20(2)7-6-8-21(3)25-11-12-26-24-10-9-22-19-23(31-18-17-30)13-15-28(22,4)27(24)14-16-29(25,26)5;;1-2/h9,20-21,23-27H,6-8,10-19H2,1-5H3;9,20-21,23-27H,6-8,10-19,30H2,1-5H3;1H4;1-2H2/t2*21-,23+,24+,25-,26+,27+,28+,29-;;/m11../s1/i;;;1T. The van der Waals surface area contributed by atoms with Crippen LogP contribution in [0.25, 0.3) is 10.4 Å². The van der Waals surface area contributed by atoms with Crippen LogP contribution >= 0.6 is 17.8 Å². The number of azide groups is 1. The van der Waals surface area contributed by atoms with E-state index in [1.165, 1.54) is 122 Å². The van der Waals surface area contributed by atoms with Crippen LogP contribution in [0.2, 0.25) is 0 Å². The molecule has 0 radical (unpaired) electrons. The monoisotopic (exact) mass is 969 g/mol. The first-order valence-corrected chi connectivity index (χ1v) is 30.5. The molecule has 0 aromatic carbocycles. The molecule has 0 heterocycles. The van der Waals surface area contributed by atoms with Crippen LogP contribution in [-0.4, -0.2) is 39.8 Å². The van der Waals surface area contributed by atoms with Gasteiger partial charge in [0, 0.05) is 18.0 Å². The zero-order valence-electron chi connectivity index (χ0n) is 45.4. The van der Waals surface area contributed by atoms with Crippen LogP contribution in [0.3, 0.4) is 0 Å². The van der Waals surface area contributed by atoms with E-state index in [9.17, 15) is 0 Å². The Bertz CT molecular complexity index is 1670. The normalized spacial score (nSPS) is 40.6. The summed E-state index contributed by atoms with van der Waals surface area (Å²) in [4.78, 5) is 2.84. The number of nitrogens with two attached hydrogens (primary N) is 1. The molecular formula is C59H108N4O2P2. The molecule has 2 unspecified atom stereocenters. The third-order valence-corrected chi connectivity index (χ3v) is 21.6. The van der Waals surface area contributed by atoms with E-state index >= 15 is 0 Å². The second-order valence-corrected chi connectivity index (χ2v) is 25.8. The van der Waals surface area contributed by atoms with Gasteiger partial charge in [0.1, 0.15) is 0 Å². The maximum absolute atomic E-state index is 8.48.